The Kier molecular flexibility index (Phi) is 2.96. The third kappa shape index (κ3) is 2.60. The highest BCUT2D eigenvalue weighted by Gasteiger charge is 2.05. The molecule has 0 saturated heterocycles. The number of hydrogen-bond acceptors (Lipinski definition) is 2. The quantitative estimate of drug-likeness (QED) is 0.523. The van der Waals surface area contributed by atoms with E-state index in [0.717, 1.165) is 0 Å². The van der Waals surface area contributed by atoms with Crippen LogP contribution in [0.25, 0.3) is 0 Å². The lowest BCUT2D eigenvalue weighted by Gasteiger charge is -2.08. The average molecular weight is 104 g/mol. The highest BCUT2D eigenvalue weighted by Crippen LogP contribution is 1.94. The van der Waals surface area contributed by atoms with Gasteiger partial charge in [-0.15, -0.1) is 0 Å². The summed E-state index contributed by atoms with van der Waals surface area (Å²) < 4.78 is 0. The highest BCUT2D eigenvalue weighted by atomic mass is 16.3. The fourth-order valence-corrected chi connectivity index (χ4v) is 0.341. The third-order valence-electron chi connectivity index (χ3n) is 0.975. The second-order valence-electron chi connectivity index (χ2n) is 1.72. The first kappa shape index (κ1) is 6.92. The molecule has 7 heavy (non-hydrogen) atoms. The minimum absolute atomic E-state index is 0.542. The summed E-state index contributed by atoms with van der Waals surface area (Å²) in [5, 5.41) is 17.3. The molecule has 0 bridgehead atoms. The van der Waals surface area contributed by atoms with Crippen molar-refractivity contribution in [3.8, 4) is 0 Å². The lowest BCUT2D eigenvalue weighted by atomic mass is 10.2. The van der Waals surface area contributed by atoms with Gasteiger partial charge < -0.3 is 10.2 Å². The van der Waals surface area contributed by atoms with E-state index in [9.17, 15) is 0 Å². The van der Waals surface area contributed by atoms with Crippen molar-refractivity contribution < 1.29 is 10.2 Å². The molecule has 0 fully saturated rings. The molecule has 0 aromatic heterocycles. The van der Waals surface area contributed by atoms with E-state index in [-0.39, 0.29) is 0 Å². The van der Waals surface area contributed by atoms with Crippen LogP contribution in [0.3, 0.4) is 0 Å². The molecule has 2 N–H and O–H groups in total. The Morgan fingerprint density at radius 1 is 1.43 bits per heavy atom. The van der Waals surface area contributed by atoms with Crippen LogP contribution < -0.4 is 0 Å². The van der Waals surface area contributed by atoms with Crippen LogP contribution in [0.5, 0.6) is 0 Å². The summed E-state index contributed by atoms with van der Waals surface area (Å²) in [6.07, 6.45) is -0.498. The Morgan fingerprint density at radius 2 is 1.86 bits per heavy atom. The zero-order chi connectivity index (χ0) is 5.86. The molecule has 0 aromatic carbocycles. The first-order valence-electron chi connectivity index (χ1n) is 2.54. The predicted molar refractivity (Wildman–Crippen MR) is 28.0 cm³/mol. The zero-order valence-electron chi connectivity index (χ0n) is 4.76. The minimum Gasteiger partial charge on any atom is -0.391 e. The van der Waals surface area contributed by atoms with E-state index >= 15 is 0 Å². The average Bonchev–Trinajstić information content (AvgIpc) is 1.65. The van der Waals surface area contributed by atoms with Gasteiger partial charge in [0, 0.05) is 0 Å². The van der Waals surface area contributed by atoms with E-state index in [0.29, 0.717) is 6.42 Å². The van der Waals surface area contributed by atoms with Gasteiger partial charge in [0.1, 0.15) is 0 Å². The third-order valence-corrected chi connectivity index (χ3v) is 0.975. The van der Waals surface area contributed by atoms with Gasteiger partial charge >= 0.3 is 0 Å². The molecule has 0 radical (unpaired) electrons. The van der Waals surface area contributed by atoms with Gasteiger partial charge in [-0.3, -0.25) is 0 Å². The van der Waals surface area contributed by atoms with Crippen molar-refractivity contribution in [1.29, 1.82) is 0 Å². The fourth-order valence-electron chi connectivity index (χ4n) is 0.341. The molecule has 2 atom stereocenters. The molecule has 0 aliphatic heterocycles. The molecule has 1 unspecified atom stereocenters. The maximum atomic E-state index is 8.69. The maximum Gasteiger partial charge on any atom is 0.0793 e. The first-order valence-corrected chi connectivity index (χ1v) is 2.54. The summed E-state index contributed by atoms with van der Waals surface area (Å²) in [6.45, 7) is 3.41. The number of hydrogen-bond donors (Lipinski definition) is 2. The van der Waals surface area contributed by atoms with Crippen molar-refractivity contribution >= 4 is 0 Å². The molecular weight excluding hydrogens is 92.1 g/mol. The van der Waals surface area contributed by atoms with E-state index in [1.807, 2.05) is 6.92 Å². The summed E-state index contributed by atoms with van der Waals surface area (Å²) in [5.41, 5.74) is 0. The normalized spacial score (nSPS) is 18.9. The lowest BCUT2D eigenvalue weighted by Crippen LogP contribution is -2.20. The van der Waals surface area contributed by atoms with E-state index in [4.69, 9.17) is 10.2 Å². The van der Waals surface area contributed by atoms with Gasteiger partial charge in [-0.25, -0.2) is 0 Å². The molecule has 0 aliphatic carbocycles. The fraction of sp³-hybridized carbons (Fsp3) is 1.00. The van der Waals surface area contributed by atoms with Crippen molar-refractivity contribution in [2.24, 2.45) is 0 Å². The van der Waals surface area contributed by atoms with Crippen LogP contribution in [0.2, 0.25) is 0 Å². The number of aliphatic hydroxyl groups excluding tert-OH is 2. The van der Waals surface area contributed by atoms with Gasteiger partial charge in [0.2, 0.25) is 0 Å². The van der Waals surface area contributed by atoms with Crippen LogP contribution in [-0.4, -0.2) is 22.4 Å². The molecule has 0 aliphatic rings. The Balaban J connectivity index is 3.14. The van der Waals surface area contributed by atoms with E-state index in [1.165, 1.54) is 0 Å². The summed E-state index contributed by atoms with van der Waals surface area (Å²) in [4.78, 5) is 0. The van der Waals surface area contributed by atoms with E-state index in [1.54, 1.807) is 6.92 Å². The first-order chi connectivity index (χ1) is 3.18. The molecular formula is C5H12O2. The molecule has 0 amide bonds. The molecule has 44 valence electrons. The predicted octanol–water partition coefficient (Wildman–Crippen LogP) is 0.138. The van der Waals surface area contributed by atoms with Gasteiger partial charge in [-0.1, -0.05) is 6.92 Å². The van der Waals surface area contributed by atoms with Crippen LogP contribution in [-0.2, 0) is 0 Å². The molecule has 2 heteroatoms. The smallest absolute Gasteiger partial charge is 0.0793 e. The van der Waals surface area contributed by atoms with Crippen molar-refractivity contribution in [1.82, 2.24) is 0 Å². The van der Waals surface area contributed by atoms with Gasteiger partial charge in [0.15, 0.2) is 0 Å². The lowest BCUT2D eigenvalue weighted by molar-refractivity contribution is 0.0294. The Hall–Kier alpha value is -0.0800. The molecule has 0 rings (SSSR count). The van der Waals surface area contributed by atoms with Crippen molar-refractivity contribution in [2.75, 3.05) is 0 Å². The van der Waals surface area contributed by atoms with Crippen LogP contribution in [0.1, 0.15) is 20.3 Å². The van der Waals surface area contributed by atoms with Crippen LogP contribution in [0.15, 0.2) is 0 Å². The van der Waals surface area contributed by atoms with Crippen LogP contribution in [0.4, 0.5) is 0 Å². The molecule has 0 aromatic rings. The summed E-state index contributed by atoms with van der Waals surface area (Å²) in [7, 11) is 0. The summed E-state index contributed by atoms with van der Waals surface area (Å²) in [6, 6.07) is 0. The summed E-state index contributed by atoms with van der Waals surface area (Å²) >= 11 is 0. The maximum absolute atomic E-state index is 8.69. The molecule has 0 heterocycles. The van der Waals surface area contributed by atoms with Gasteiger partial charge in [0.05, 0.1) is 12.2 Å². The van der Waals surface area contributed by atoms with Crippen molar-refractivity contribution in [3.05, 3.63) is 0 Å². The van der Waals surface area contributed by atoms with E-state index in [2.05, 4.69) is 0 Å². The van der Waals surface area contributed by atoms with Crippen LogP contribution >= 0.6 is 0 Å². The standard InChI is InChI=1S/C5H12O2/c1-3-5(7)4(2)6/h4-7H,3H2,1-2H3/t4-,5?/m0/s1. The number of aliphatic hydroxyl groups is 2. The molecule has 0 spiro atoms. The van der Waals surface area contributed by atoms with Gasteiger partial charge in [-0.05, 0) is 13.3 Å². The topological polar surface area (TPSA) is 40.5 Å². The summed E-state index contributed by atoms with van der Waals surface area (Å²) in [5.74, 6) is 0. The molecule has 0 saturated carbocycles. The number of rotatable bonds is 2. The monoisotopic (exact) mass is 104 g/mol. The zero-order valence-corrected chi connectivity index (χ0v) is 4.76. The Labute approximate surface area is 43.8 Å². The van der Waals surface area contributed by atoms with Gasteiger partial charge in [-0.2, -0.15) is 0 Å². The van der Waals surface area contributed by atoms with Crippen molar-refractivity contribution in [2.45, 2.75) is 32.5 Å². The highest BCUT2D eigenvalue weighted by molar-refractivity contribution is 4.56. The van der Waals surface area contributed by atoms with E-state index < -0.39 is 12.2 Å². The second-order valence-corrected chi connectivity index (χ2v) is 1.72. The van der Waals surface area contributed by atoms with Gasteiger partial charge in [0.25, 0.3) is 0 Å². The Bertz CT molecular complexity index is 43.3. The van der Waals surface area contributed by atoms with Crippen LogP contribution in [0, 0.1) is 0 Å². The SMILES string of the molecule is CCC(O)[C@H](C)O. The van der Waals surface area contributed by atoms with Crippen molar-refractivity contribution in [3.63, 3.8) is 0 Å². The largest absolute Gasteiger partial charge is 0.391 e. The molecule has 2 nitrogen and oxygen atoms in total. The second kappa shape index (κ2) is 2.99. The Morgan fingerprint density at radius 3 is 1.86 bits per heavy atom. The minimum atomic E-state index is -0.579.